The van der Waals surface area contributed by atoms with Gasteiger partial charge in [0.1, 0.15) is 11.3 Å². The number of nitriles is 1. The van der Waals surface area contributed by atoms with Crippen molar-refractivity contribution in [2.75, 3.05) is 26.0 Å². The minimum Gasteiger partial charge on any atom is -0.383 e. The molecule has 1 aromatic rings. The number of amides is 1. The zero-order valence-electron chi connectivity index (χ0n) is 10.7. The molecule has 0 spiro atoms. The van der Waals surface area contributed by atoms with Gasteiger partial charge < -0.3 is 10.2 Å². The van der Waals surface area contributed by atoms with Crippen molar-refractivity contribution in [2.24, 2.45) is 0 Å². The van der Waals surface area contributed by atoms with Crippen LogP contribution in [-0.4, -0.2) is 36.4 Å². The van der Waals surface area contributed by atoms with Crippen LogP contribution in [0.5, 0.6) is 0 Å². The van der Waals surface area contributed by atoms with Crippen LogP contribution in [0, 0.1) is 21.4 Å². The molecule has 1 rings (SSSR count). The van der Waals surface area contributed by atoms with E-state index in [-0.39, 0.29) is 29.9 Å². The SMILES string of the molecule is CNc1cccc(C(=O)N(C)CCC#N)c1[N+](=O)[O-]. The van der Waals surface area contributed by atoms with Gasteiger partial charge in [0.15, 0.2) is 0 Å². The molecule has 0 atom stereocenters. The van der Waals surface area contributed by atoms with Crippen molar-refractivity contribution in [3.05, 3.63) is 33.9 Å². The minimum atomic E-state index is -0.586. The maximum absolute atomic E-state index is 12.1. The van der Waals surface area contributed by atoms with Crippen molar-refractivity contribution < 1.29 is 9.72 Å². The number of carbonyl (C=O) groups is 1. The highest BCUT2D eigenvalue weighted by Crippen LogP contribution is 2.28. The van der Waals surface area contributed by atoms with Crippen molar-refractivity contribution in [1.29, 1.82) is 5.26 Å². The third-order valence-electron chi connectivity index (χ3n) is 2.62. The highest BCUT2D eigenvalue weighted by atomic mass is 16.6. The summed E-state index contributed by atoms with van der Waals surface area (Å²) >= 11 is 0. The molecule has 1 amide bonds. The van der Waals surface area contributed by atoms with Crippen LogP contribution in [-0.2, 0) is 0 Å². The van der Waals surface area contributed by atoms with E-state index in [1.54, 1.807) is 13.1 Å². The quantitative estimate of drug-likeness (QED) is 0.642. The lowest BCUT2D eigenvalue weighted by atomic mass is 10.1. The van der Waals surface area contributed by atoms with Gasteiger partial charge in [-0.25, -0.2) is 0 Å². The Morgan fingerprint density at radius 1 is 1.58 bits per heavy atom. The van der Waals surface area contributed by atoms with E-state index in [4.69, 9.17) is 5.26 Å². The molecule has 0 bridgehead atoms. The molecule has 0 heterocycles. The van der Waals surface area contributed by atoms with Crippen molar-refractivity contribution in [1.82, 2.24) is 4.90 Å². The van der Waals surface area contributed by atoms with E-state index in [2.05, 4.69) is 5.32 Å². The van der Waals surface area contributed by atoms with Gasteiger partial charge in [-0.2, -0.15) is 5.26 Å². The number of carbonyl (C=O) groups excluding carboxylic acids is 1. The minimum absolute atomic E-state index is 0.0114. The predicted molar refractivity (Wildman–Crippen MR) is 69.8 cm³/mol. The standard InChI is InChI=1S/C12H14N4O3/c1-14-10-6-3-5-9(11(10)16(18)19)12(17)15(2)8-4-7-13/h3,5-6,14H,4,8H2,1-2H3. The van der Waals surface area contributed by atoms with E-state index in [0.29, 0.717) is 0 Å². The zero-order valence-corrected chi connectivity index (χ0v) is 10.7. The van der Waals surface area contributed by atoms with Gasteiger partial charge >= 0.3 is 5.69 Å². The Morgan fingerprint density at radius 2 is 2.26 bits per heavy atom. The second-order valence-corrected chi connectivity index (χ2v) is 3.84. The number of nitro groups is 1. The Labute approximate surface area is 110 Å². The fourth-order valence-corrected chi connectivity index (χ4v) is 1.64. The molecule has 19 heavy (non-hydrogen) atoms. The molecule has 1 N–H and O–H groups in total. The van der Waals surface area contributed by atoms with Crippen LogP contribution in [0.1, 0.15) is 16.8 Å². The summed E-state index contributed by atoms with van der Waals surface area (Å²) < 4.78 is 0. The Morgan fingerprint density at radius 3 is 2.79 bits per heavy atom. The summed E-state index contributed by atoms with van der Waals surface area (Å²) in [5.74, 6) is -0.473. The number of nitro benzene ring substituents is 1. The molecule has 0 aliphatic rings. The summed E-state index contributed by atoms with van der Waals surface area (Å²) in [5, 5.41) is 22.3. The molecule has 0 saturated carbocycles. The zero-order chi connectivity index (χ0) is 14.4. The van der Waals surface area contributed by atoms with Gasteiger partial charge in [0.05, 0.1) is 17.4 Å². The van der Waals surface area contributed by atoms with Gasteiger partial charge in [0.25, 0.3) is 5.91 Å². The molecule has 0 aromatic heterocycles. The second-order valence-electron chi connectivity index (χ2n) is 3.84. The first kappa shape index (κ1) is 14.4. The number of anilines is 1. The normalized spacial score (nSPS) is 9.53. The Balaban J connectivity index is 3.16. The molecule has 0 radical (unpaired) electrons. The molecule has 100 valence electrons. The average Bonchev–Trinajstić information content (AvgIpc) is 2.42. The Hall–Kier alpha value is -2.62. The maximum atomic E-state index is 12.1. The third-order valence-corrected chi connectivity index (χ3v) is 2.62. The van der Waals surface area contributed by atoms with Gasteiger partial charge in [-0.15, -0.1) is 0 Å². The molecule has 0 saturated heterocycles. The van der Waals surface area contributed by atoms with E-state index >= 15 is 0 Å². The van der Waals surface area contributed by atoms with Crippen molar-refractivity contribution in [2.45, 2.75) is 6.42 Å². The number of para-hydroxylation sites is 1. The second kappa shape index (κ2) is 6.35. The number of nitrogens with one attached hydrogen (secondary N) is 1. The predicted octanol–water partition coefficient (Wildman–Crippen LogP) is 1.62. The monoisotopic (exact) mass is 262 g/mol. The van der Waals surface area contributed by atoms with Crippen LogP contribution in [0.4, 0.5) is 11.4 Å². The number of rotatable bonds is 5. The number of nitrogens with zero attached hydrogens (tertiary/aromatic N) is 3. The van der Waals surface area contributed by atoms with Gasteiger partial charge in [-0.3, -0.25) is 14.9 Å². The Kier molecular flexibility index (Phi) is 4.83. The highest BCUT2D eigenvalue weighted by Gasteiger charge is 2.25. The third kappa shape index (κ3) is 3.19. The lowest BCUT2D eigenvalue weighted by molar-refractivity contribution is -0.384. The summed E-state index contributed by atoms with van der Waals surface area (Å²) in [6.07, 6.45) is 0.182. The summed E-state index contributed by atoms with van der Waals surface area (Å²) in [6.45, 7) is 0.232. The maximum Gasteiger partial charge on any atom is 0.305 e. The molecule has 0 aliphatic heterocycles. The van der Waals surface area contributed by atoms with Crippen LogP contribution in [0.15, 0.2) is 18.2 Å². The molecule has 7 heteroatoms. The van der Waals surface area contributed by atoms with Gasteiger partial charge in [-0.1, -0.05) is 6.07 Å². The molecule has 0 fully saturated rings. The van der Waals surface area contributed by atoms with Gasteiger partial charge in [0.2, 0.25) is 0 Å². The summed E-state index contributed by atoms with van der Waals surface area (Å²) in [7, 11) is 3.06. The molecular weight excluding hydrogens is 248 g/mol. The largest absolute Gasteiger partial charge is 0.383 e. The average molecular weight is 262 g/mol. The molecule has 0 aliphatic carbocycles. The first-order chi connectivity index (χ1) is 9.02. The summed E-state index contributed by atoms with van der Waals surface area (Å²) in [5.41, 5.74) is 0.0423. The summed E-state index contributed by atoms with van der Waals surface area (Å²) in [6, 6.07) is 6.44. The lowest BCUT2D eigenvalue weighted by Crippen LogP contribution is -2.28. The van der Waals surface area contributed by atoms with E-state index in [1.165, 1.54) is 24.1 Å². The number of hydrogen-bond acceptors (Lipinski definition) is 5. The van der Waals surface area contributed by atoms with Crippen LogP contribution in [0.2, 0.25) is 0 Å². The fourth-order valence-electron chi connectivity index (χ4n) is 1.64. The fraction of sp³-hybridized carbons (Fsp3) is 0.333. The smallest absolute Gasteiger partial charge is 0.305 e. The van der Waals surface area contributed by atoms with Crippen LogP contribution in [0.25, 0.3) is 0 Å². The molecule has 0 unspecified atom stereocenters. The number of benzene rings is 1. The van der Waals surface area contributed by atoms with E-state index in [1.807, 2.05) is 6.07 Å². The number of hydrogen-bond donors (Lipinski definition) is 1. The van der Waals surface area contributed by atoms with Crippen LogP contribution >= 0.6 is 0 Å². The van der Waals surface area contributed by atoms with E-state index in [0.717, 1.165) is 0 Å². The molecular formula is C12H14N4O3. The van der Waals surface area contributed by atoms with E-state index in [9.17, 15) is 14.9 Å². The first-order valence-electron chi connectivity index (χ1n) is 5.60. The lowest BCUT2D eigenvalue weighted by Gasteiger charge is -2.16. The van der Waals surface area contributed by atoms with Crippen molar-refractivity contribution >= 4 is 17.3 Å². The van der Waals surface area contributed by atoms with E-state index < -0.39 is 10.8 Å². The van der Waals surface area contributed by atoms with Crippen LogP contribution in [0.3, 0.4) is 0 Å². The highest BCUT2D eigenvalue weighted by molar-refractivity contribution is 6.00. The van der Waals surface area contributed by atoms with Crippen molar-refractivity contribution in [3.63, 3.8) is 0 Å². The topological polar surface area (TPSA) is 99.3 Å². The Bertz CT molecular complexity index is 536. The van der Waals surface area contributed by atoms with Crippen molar-refractivity contribution in [3.8, 4) is 6.07 Å². The summed E-state index contributed by atoms with van der Waals surface area (Å²) in [4.78, 5) is 23.9. The molecule has 7 nitrogen and oxygen atoms in total. The van der Waals surface area contributed by atoms with Crippen LogP contribution < -0.4 is 5.32 Å². The van der Waals surface area contributed by atoms with Gasteiger partial charge in [-0.05, 0) is 12.1 Å². The first-order valence-corrected chi connectivity index (χ1v) is 5.60. The van der Waals surface area contributed by atoms with Gasteiger partial charge in [0, 0.05) is 20.6 Å². The molecule has 1 aromatic carbocycles.